The lowest BCUT2D eigenvalue weighted by molar-refractivity contribution is -0.148. The minimum absolute atomic E-state index is 0.138. The minimum Gasteiger partial charge on any atom is -0.347 e. The van der Waals surface area contributed by atoms with Gasteiger partial charge in [0.25, 0.3) is 0 Å². The van der Waals surface area contributed by atoms with Crippen LogP contribution in [0.5, 0.6) is 0 Å². The highest BCUT2D eigenvalue weighted by Gasteiger charge is 2.38. The van der Waals surface area contributed by atoms with E-state index in [-0.39, 0.29) is 36.7 Å². The van der Waals surface area contributed by atoms with Gasteiger partial charge < -0.3 is 25.8 Å². The van der Waals surface area contributed by atoms with E-state index in [1.54, 1.807) is 14.1 Å². The molecule has 1 saturated heterocycles. The van der Waals surface area contributed by atoms with Gasteiger partial charge >= 0.3 is 0 Å². The molecular formula is C18H31N5O5. The molecule has 0 aromatic rings. The first kappa shape index (κ1) is 23.4. The van der Waals surface area contributed by atoms with E-state index in [1.165, 1.54) is 16.7 Å². The monoisotopic (exact) mass is 397 g/mol. The van der Waals surface area contributed by atoms with Crippen LogP contribution < -0.4 is 16.0 Å². The number of likely N-dealkylation sites (N-methyl/N-ethyl adjacent to an activating group) is 1. The average molecular weight is 397 g/mol. The molecule has 10 heteroatoms. The van der Waals surface area contributed by atoms with Gasteiger partial charge in [-0.05, 0) is 18.8 Å². The van der Waals surface area contributed by atoms with E-state index < -0.39 is 23.9 Å². The van der Waals surface area contributed by atoms with Crippen molar-refractivity contribution >= 4 is 29.5 Å². The Bertz CT molecular complexity index is 619. The predicted molar refractivity (Wildman–Crippen MR) is 102 cm³/mol. The maximum absolute atomic E-state index is 12.6. The van der Waals surface area contributed by atoms with Crippen molar-refractivity contribution in [2.45, 2.75) is 45.7 Å². The van der Waals surface area contributed by atoms with Gasteiger partial charge in [0.15, 0.2) is 0 Å². The molecule has 0 bridgehead atoms. The van der Waals surface area contributed by atoms with Crippen molar-refractivity contribution < 1.29 is 24.0 Å². The summed E-state index contributed by atoms with van der Waals surface area (Å²) in [6.07, 6.45) is 0.896. The van der Waals surface area contributed by atoms with E-state index in [4.69, 9.17) is 0 Å². The fourth-order valence-electron chi connectivity index (χ4n) is 2.67. The summed E-state index contributed by atoms with van der Waals surface area (Å²) in [6.45, 7) is 5.26. The molecule has 1 rings (SSSR count). The number of likely N-dealkylation sites (tertiary alicyclic amines) is 1. The summed E-state index contributed by atoms with van der Waals surface area (Å²) in [5.74, 6) is -1.63. The number of nitrogens with one attached hydrogen (secondary N) is 3. The molecule has 0 aromatic heterocycles. The van der Waals surface area contributed by atoms with Crippen LogP contribution in [-0.4, -0.2) is 85.1 Å². The van der Waals surface area contributed by atoms with E-state index in [2.05, 4.69) is 16.0 Å². The van der Waals surface area contributed by atoms with E-state index in [9.17, 15) is 24.0 Å². The first-order valence-electron chi connectivity index (χ1n) is 9.35. The zero-order valence-electron chi connectivity index (χ0n) is 17.2. The molecule has 0 radical (unpaired) electrons. The van der Waals surface area contributed by atoms with E-state index >= 15 is 0 Å². The molecule has 1 heterocycles. The minimum atomic E-state index is -0.796. The van der Waals surface area contributed by atoms with E-state index in [0.29, 0.717) is 19.4 Å². The Morgan fingerprint density at radius 3 is 2.18 bits per heavy atom. The van der Waals surface area contributed by atoms with Gasteiger partial charge in [0, 0.05) is 27.6 Å². The molecule has 0 saturated carbocycles. The summed E-state index contributed by atoms with van der Waals surface area (Å²) in [4.78, 5) is 62.4. The number of hydrogen-bond donors (Lipinski definition) is 3. The van der Waals surface area contributed by atoms with E-state index in [1.807, 2.05) is 13.8 Å². The molecule has 2 atom stereocenters. The van der Waals surface area contributed by atoms with Crippen molar-refractivity contribution in [3.63, 3.8) is 0 Å². The number of rotatable bonds is 9. The van der Waals surface area contributed by atoms with Crippen LogP contribution in [0.4, 0.5) is 0 Å². The molecule has 0 unspecified atom stereocenters. The molecule has 0 aliphatic carbocycles. The Morgan fingerprint density at radius 1 is 1.07 bits per heavy atom. The lowest BCUT2D eigenvalue weighted by atomic mass is 9.99. The third-order valence-corrected chi connectivity index (χ3v) is 4.38. The third kappa shape index (κ3) is 7.16. The van der Waals surface area contributed by atoms with Crippen molar-refractivity contribution in [1.29, 1.82) is 0 Å². The molecule has 0 aromatic carbocycles. The molecule has 0 spiro atoms. The van der Waals surface area contributed by atoms with Gasteiger partial charge in [-0.15, -0.1) is 0 Å². The average Bonchev–Trinajstić information content (AvgIpc) is 2.55. The van der Waals surface area contributed by atoms with Gasteiger partial charge in [-0.2, -0.15) is 0 Å². The summed E-state index contributed by atoms with van der Waals surface area (Å²) in [7, 11) is 3.18. The number of carbonyl (C=O) groups excluding carboxylic acids is 5. The summed E-state index contributed by atoms with van der Waals surface area (Å²) in [5.41, 5.74) is 0. The number of amides is 5. The Labute approximate surface area is 165 Å². The van der Waals surface area contributed by atoms with Gasteiger partial charge in [-0.1, -0.05) is 13.8 Å². The van der Waals surface area contributed by atoms with Crippen LogP contribution >= 0.6 is 0 Å². The predicted octanol–water partition coefficient (Wildman–Crippen LogP) is -1.54. The Morgan fingerprint density at radius 2 is 1.71 bits per heavy atom. The van der Waals surface area contributed by atoms with Crippen molar-refractivity contribution in [2.75, 3.05) is 33.7 Å². The van der Waals surface area contributed by atoms with Crippen molar-refractivity contribution in [3.05, 3.63) is 0 Å². The second-order valence-corrected chi connectivity index (χ2v) is 7.50. The zero-order chi connectivity index (χ0) is 21.4. The van der Waals surface area contributed by atoms with Crippen LogP contribution in [0.1, 0.15) is 33.6 Å². The fraction of sp³-hybridized carbons (Fsp3) is 0.722. The molecule has 1 aliphatic rings. The summed E-state index contributed by atoms with van der Waals surface area (Å²) in [5, 5.41) is 7.65. The van der Waals surface area contributed by atoms with Gasteiger partial charge in [0.1, 0.15) is 12.1 Å². The van der Waals surface area contributed by atoms with Crippen LogP contribution in [0.3, 0.4) is 0 Å². The van der Waals surface area contributed by atoms with Crippen molar-refractivity contribution in [2.24, 2.45) is 5.92 Å². The van der Waals surface area contributed by atoms with Crippen LogP contribution in [0.15, 0.2) is 0 Å². The lowest BCUT2D eigenvalue weighted by Gasteiger charge is -2.40. The molecule has 28 heavy (non-hydrogen) atoms. The Kier molecular flexibility index (Phi) is 8.87. The normalized spacial score (nSPS) is 16.6. The fourth-order valence-corrected chi connectivity index (χ4v) is 2.67. The maximum Gasteiger partial charge on any atom is 0.243 e. The summed E-state index contributed by atoms with van der Waals surface area (Å²) >= 11 is 0. The third-order valence-electron chi connectivity index (χ3n) is 4.38. The second-order valence-electron chi connectivity index (χ2n) is 7.50. The van der Waals surface area contributed by atoms with E-state index in [0.717, 1.165) is 0 Å². The first-order chi connectivity index (χ1) is 13.0. The van der Waals surface area contributed by atoms with Crippen LogP contribution in [0, 0.1) is 5.92 Å². The molecule has 1 fully saturated rings. The quantitative estimate of drug-likeness (QED) is 0.434. The van der Waals surface area contributed by atoms with Crippen LogP contribution in [0.25, 0.3) is 0 Å². The smallest absolute Gasteiger partial charge is 0.243 e. The molecule has 3 N–H and O–H groups in total. The molecular weight excluding hydrogens is 366 g/mol. The SMILES string of the molecule is CC(=O)NCC(=O)N1CC[C@H]1C(=O)N[C@@H](CC(C)C)C(=O)NCC(=O)N(C)C. The molecule has 5 amide bonds. The highest BCUT2D eigenvalue weighted by atomic mass is 16.2. The highest BCUT2D eigenvalue weighted by molar-refractivity contribution is 5.94. The molecule has 10 nitrogen and oxygen atoms in total. The maximum atomic E-state index is 12.6. The Hall–Kier alpha value is -2.65. The van der Waals surface area contributed by atoms with Gasteiger partial charge in [0.05, 0.1) is 13.1 Å². The summed E-state index contributed by atoms with van der Waals surface area (Å²) in [6, 6.07) is -1.46. The second kappa shape index (κ2) is 10.6. The molecule has 1 aliphatic heterocycles. The van der Waals surface area contributed by atoms with Gasteiger partial charge in [-0.25, -0.2) is 0 Å². The van der Waals surface area contributed by atoms with Crippen LogP contribution in [0.2, 0.25) is 0 Å². The first-order valence-corrected chi connectivity index (χ1v) is 9.35. The van der Waals surface area contributed by atoms with Crippen LogP contribution in [-0.2, 0) is 24.0 Å². The standard InChI is InChI=1S/C18H31N5O5/c1-11(2)8-13(17(27)20-9-15(25)22(4)5)21-18(28)14-6-7-23(14)16(26)10-19-12(3)24/h11,13-14H,6-10H2,1-5H3,(H,19,24)(H,20,27)(H,21,28)/t13-,14-/m0/s1. The van der Waals surface area contributed by atoms with Gasteiger partial charge in [-0.3, -0.25) is 24.0 Å². The summed E-state index contributed by atoms with van der Waals surface area (Å²) < 4.78 is 0. The highest BCUT2D eigenvalue weighted by Crippen LogP contribution is 2.18. The number of hydrogen-bond acceptors (Lipinski definition) is 5. The topological polar surface area (TPSA) is 128 Å². The largest absolute Gasteiger partial charge is 0.347 e. The Balaban J connectivity index is 2.66. The number of nitrogens with zero attached hydrogens (tertiary/aromatic N) is 2. The lowest BCUT2D eigenvalue weighted by Crippen LogP contribution is -2.62. The van der Waals surface area contributed by atoms with Crippen molar-refractivity contribution in [1.82, 2.24) is 25.8 Å². The number of carbonyl (C=O) groups is 5. The molecule has 158 valence electrons. The zero-order valence-corrected chi connectivity index (χ0v) is 17.2. The van der Waals surface area contributed by atoms with Gasteiger partial charge in [0.2, 0.25) is 29.5 Å². The van der Waals surface area contributed by atoms with Crippen molar-refractivity contribution in [3.8, 4) is 0 Å².